The van der Waals surface area contributed by atoms with Gasteiger partial charge >= 0.3 is 0 Å². The van der Waals surface area contributed by atoms with E-state index in [1.807, 2.05) is 19.1 Å². The number of carbonyl (C=O) groups excluding carboxylic acids is 1. The van der Waals surface area contributed by atoms with Crippen molar-refractivity contribution in [3.8, 4) is 0 Å². The van der Waals surface area contributed by atoms with Crippen LogP contribution in [0.2, 0.25) is 0 Å². The third kappa shape index (κ3) is 4.13. The van der Waals surface area contributed by atoms with Gasteiger partial charge in [0, 0.05) is 25.2 Å². The second-order valence-electron chi connectivity index (χ2n) is 5.03. The van der Waals surface area contributed by atoms with Crippen LogP contribution >= 0.6 is 0 Å². The summed E-state index contributed by atoms with van der Waals surface area (Å²) >= 11 is 0. The Morgan fingerprint density at radius 1 is 1.33 bits per heavy atom. The molecule has 1 rings (SSSR count). The number of amides is 1. The molecule has 1 amide bonds. The molecule has 0 fully saturated rings. The predicted molar refractivity (Wildman–Crippen MR) is 72.4 cm³/mol. The van der Waals surface area contributed by atoms with E-state index in [1.165, 1.54) is 0 Å². The molecule has 1 aromatic rings. The van der Waals surface area contributed by atoms with Gasteiger partial charge in [0.15, 0.2) is 0 Å². The van der Waals surface area contributed by atoms with Gasteiger partial charge in [-0.05, 0) is 38.5 Å². The summed E-state index contributed by atoms with van der Waals surface area (Å²) < 4.78 is 0. The molecule has 0 spiro atoms. The van der Waals surface area contributed by atoms with Gasteiger partial charge in [-0.3, -0.25) is 4.79 Å². The van der Waals surface area contributed by atoms with Crippen LogP contribution in [0.25, 0.3) is 0 Å². The summed E-state index contributed by atoms with van der Waals surface area (Å²) in [6.07, 6.45) is 0. The lowest BCUT2D eigenvalue weighted by Crippen LogP contribution is -2.44. The first-order valence-electron chi connectivity index (χ1n) is 6.11. The smallest absolute Gasteiger partial charge is 0.251 e. The van der Waals surface area contributed by atoms with Crippen molar-refractivity contribution in [2.75, 3.05) is 7.05 Å². The molecule has 0 saturated heterocycles. The quantitative estimate of drug-likeness (QED) is 0.738. The van der Waals surface area contributed by atoms with Gasteiger partial charge in [0.1, 0.15) is 0 Å². The zero-order valence-electron chi connectivity index (χ0n) is 11.4. The maximum atomic E-state index is 11.4. The highest BCUT2D eigenvalue weighted by atomic mass is 16.3. The molecule has 3 N–H and O–H groups in total. The maximum absolute atomic E-state index is 11.4. The van der Waals surface area contributed by atoms with Crippen molar-refractivity contribution in [1.82, 2.24) is 10.6 Å². The van der Waals surface area contributed by atoms with Crippen LogP contribution in [-0.4, -0.2) is 29.7 Å². The van der Waals surface area contributed by atoms with Crippen LogP contribution in [0.15, 0.2) is 24.3 Å². The first kappa shape index (κ1) is 14.7. The molecule has 0 aliphatic heterocycles. The topological polar surface area (TPSA) is 61.4 Å². The van der Waals surface area contributed by atoms with Crippen molar-refractivity contribution in [3.63, 3.8) is 0 Å². The first-order chi connectivity index (χ1) is 8.34. The van der Waals surface area contributed by atoms with Crippen molar-refractivity contribution in [3.05, 3.63) is 35.4 Å². The molecule has 0 aromatic heterocycles. The number of benzene rings is 1. The molecule has 4 heteroatoms. The van der Waals surface area contributed by atoms with Gasteiger partial charge in [-0.2, -0.15) is 0 Å². The largest absolute Gasteiger partial charge is 0.389 e. The molecule has 1 atom stereocenters. The molecular formula is C14H22N2O2. The minimum Gasteiger partial charge on any atom is -0.389 e. The molecule has 0 aliphatic rings. The number of hydrogen-bond acceptors (Lipinski definition) is 3. The van der Waals surface area contributed by atoms with Gasteiger partial charge in [0.25, 0.3) is 5.91 Å². The molecule has 0 aliphatic carbocycles. The Balaban J connectivity index is 2.57. The summed E-state index contributed by atoms with van der Waals surface area (Å²) in [7, 11) is 1.61. The molecule has 100 valence electrons. The number of hydrogen-bond donors (Lipinski definition) is 3. The Morgan fingerprint density at radius 3 is 2.33 bits per heavy atom. The predicted octanol–water partition coefficient (Wildman–Crippen LogP) is 1.30. The van der Waals surface area contributed by atoms with E-state index in [0.717, 1.165) is 5.56 Å². The average Bonchev–Trinajstić information content (AvgIpc) is 2.34. The summed E-state index contributed by atoms with van der Waals surface area (Å²) in [5, 5.41) is 15.6. The SMILES string of the molecule is CNC(=O)c1ccc(CNC(C)C(C)(C)O)cc1. The summed E-state index contributed by atoms with van der Waals surface area (Å²) in [6.45, 7) is 6.16. The van der Waals surface area contributed by atoms with E-state index in [0.29, 0.717) is 12.1 Å². The summed E-state index contributed by atoms with van der Waals surface area (Å²) in [5.41, 5.74) is 0.984. The van der Waals surface area contributed by atoms with Crippen LogP contribution in [-0.2, 0) is 6.54 Å². The third-order valence-electron chi connectivity index (χ3n) is 3.12. The van der Waals surface area contributed by atoms with Crippen LogP contribution in [0.3, 0.4) is 0 Å². The summed E-state index contributed by atoms with van der Waals surface area (Å²) in [4.78, 5) is 11.4. The van der Waals surface area contributed by atoms with Crippen LogP contribution < -0.4 is 10.6 Å². The van der Waals surface area contributed by atoms with E-state index in [-0.39, 0.29) is 11.9 Å². The van der Waals surface area contributed by atoms with Crippen LogP contribution in [0, 0.1) is 0 Å². The van der Waals surface area contributed by atoms with Crippen molar-refractivity contribution in [1.29, 1.82) is 0 Å². The zero-order valence-corrected chi connectivity index (χ0v) is 11.4. The van der Waals surface area contributed by atoms with E-state index >= 15 is 0 Å². The fourth-order valence-electron chi connectivity index (χ4n) is 1.44. The maximum Gasteiger partial charge on any atom is 0.251 e. The van der Waals surface area contributed by atoms with Crippen LogP contribution in [0.1, 0.15) is 36.7 Å². The molecule has 0 heterocycles. The van der Waals surface area contributed by atoms with Gasteiger partial charge in [-0.25, -0.2) is 0 Å². The summed E-state index contributed by atoms with van der Waals surface area (Å²) in [5.74, 6) is -0.0839. The highest BCUT2D eigenvalue weighted by molar-refractivity contribution is 5.93. The second-order valence-corrected chi connectivity index (χ2v) is 5.03. The lowest BCUT2D eigenvalue weighted by Gasteiger charge is -2.26. The minimum absolute atomic E-state index is 0.00360. The fourth-order valence-corrected chi connectivity index (χ4v) is 1.44. The van der Waals surface area contributed by atoms with E-state index in [1.54, 1.807) is 33.0 Å². The van der Waals surface area contributed by atoms with Crippen molar-refractivity contribution < 1.29 is 9.90 Å². The van der Waals surface area contributed by atoms with E-state index < -0.39 is 5.60 Å². The molecule has 18 heavy (non-hydrogen) atoms. The molecule has 0 saturated carbocycles. The zero-order chi connectivity index (χ0) is 13.8. The third-order valence-corrected chi connectivity index (χ3v) is 3.12. The van der Waals surface area contributed by atoms with Gasteiger partial charge in [0.2, 0.25) is 0 Å². The number of carbonyl (C=O) groups is 1. The van der Waals surface area contributed by atoms with E-state index in [9.17, 15) is 9.90 Å². The van der Waals surface area contributed by atoms with Gasteiger partial charge in [-0.15, -0.1) is 0 Å². The minimum atomic E-state index is -0.748. The Hall–Kier alpha value is -1.39. The number of nitrogens with one attached hydrogen (secondary N) is 2. The molecule has 0 bridgehead atoms. The van der Waals surface area contributed by atoms with Crippen molar-refractivity contribution in [2.45, 2.75) is 39.0 Å². The Bertz CT molecular complexity index is 393. The molecular weight excluding hydrogens is 228 g/mol. The summed E-state index contributed by atoms with van der Waals surface area (Å²) in [6, 6.07) is 7.41. The highest BCUT2D eigenvalue weighted by Gasteiger charge is 2.21. The second kappa shape index (κ2) is 5.98. The van der Waals surface area contributed by atoms with Gasteiger partial charge in [-0.1, -0.05) is 12.1 Å². The first-order valence-corrected chi connectivity index (χ1v) is 6.11. The molecule has 0 radical (unpaired) electrons. The van der Waals surface area contributed by atoms with Crippen LogP contribution in [0.4, 0.5) is 0 Å². The lowest BCUT2D eigenvalue weighted by molar-refractivity contribution is 0.0437. The van der Waals surface area contributed by atoms with Crippen molar-refractivity contribution >= 4 is 5.91 Å². The van der Waals surface area contributed by atoms with Gasteiger partial charge < -0.3 is 15.7 Å². The van der Waals surface area contributed by atoms with E-state index in [4.69, 9.17) is 0 Å². The monoisotopic (exact) mass is 250 g/mol. The number of aliphatic hydroxyl groups is 1. The standard InChI is InChI=1S/C14H22N2O2/c1-10(14(2,3)18)16-9-11-5-7-12(8-6-11)13(17)15-4/h5-8,10,16,18H,9H2,1-4H3,(H,15,17). The normalized spacial score (nSPS) is 13.2. The van der Waals surface area contributed by atoms with Crippen LogP contribution in [0.5, 0.6) is 0 Å². The fraction of sp³-hybridized carbons (Fsp3) is 0.500. The Morgan fingerprint density at radius 2 is 1.89 bits per heavy atom. The molecule has 1 unspecified atom stereocenters. The molecule has 4 nitrogen and oxygen atoms in total. The van der Waals surface area contributed by atoms with Crippen molar-refractivity contribution in [2.24, 2.45) is 0 Å². The number of rotatable bonds is 5. The van der Waals surface area contributed by atoms with E-state index in [2.05, 4.69) is 10.6 Å². The average molecular weight is 250 g/mol. The lowest BCUT2D eigenvalue weighted by atomic mass is 10.0. The Kier molecular flexibility index (Phi) is 4.87. The Labute approximate surface area is 108 Å². The highest BCUT2D eigenvalue weighted by Crippen LogP contribution is 2.09. The molecule has 1 aromatic carbocycles. The van der Waals surface area contributed by atoms with Gasteiger partial charge in [0.05, 0.1) is 5.60 Å².